The summed E-state index contributed by atoms with van der Waals surface area (Å²) in [6, 6.07) is 6.92. The maximum absolute atomic E-state index is 14.5. The van der Waals surface area contributed by atoms with Gasteiger partial charge in [0, 0.05) is 17.7 Å². The molecule has 0 radical (unpaired) electrons. The maximum Gasteiger partial charge on any atom is 0.305 e. The van der Waals surface area contributed by atoms with Gasteiger partial charge in [0.05, 0.1) is 19.3 Å². The molecule has 3 aliphatic rings. The van der Waals surface area contributed by atoms with Crippen molar-refractivity contribution in [3.05, 3.63) is 69.9 Å². The van der Waals surface area contributed by atoms with Crippen molar-refractivity contribution in [3.8, 4) is 5.75 Å². The standard InChI is InChI=1S/C22H21F2N3O3/c1-13-8-19-16(20(9-13)29-3)5-7-21-25(19)12-26(27(21)28)14(2)22(11-30-22)17-6-4-15(23)10-18(17)24/h4-10,14H,11-12H2,1-3H3/t14-,22+/m1/s1. The number of fused-ring (bicyclic) bond motifs is 3. The van der Waals surface area contributed by atoms with Gasteiger partial charge in [-0.25, -0.2) is 13.7 Å². The number of amidine groups is 1. The van der Waals surface area contributed by atoms with E-state index in [-0.39, 0.29) is 18.8 Å². The Morgan fingerprint density at radius 2 is 2.00 bits per heavy atom. The molecule has 0 unspecified atom stereocenters. The normalized spacial score (nSPS) is 22.8. The summed E-state index contributed by atoms with van der Waals surface area (Å²) in [6.45, 7) is 4.32. The molecular formula is C22H21F2N3O3. The van der Waals surface area contributed by atoms with Gasteiger partial charge in [0.1, 0.15) is 34.7 Å². The second-order valence-electron chi connectivity index (χ2n) is 7.85. The lowest BCUT2D eigenvalue weighted by Gasteiger charge is -2.31. The Morgan fingerprint density at radius 3 is 2.67 bits per heavy atom. The number of aryl methyl sites for hydroxylation is 1. The minimum absolute atomic E-state index is 0.258. The van der Waals surface area contributed by atoms with Crippen LogP contribution in [-0.2, 0) is 10.3 Å². The van der Waals surface area contributed by atoms with Crippen molar-refractivity contribution in [2.45, 2.75) is 25.5 Å². The first kappa shape index (κ1) is 18.9. The van der Waals surface area contributed by atoms with Crippen LogP contribution in [0.3, 0.4) is 0 Å². The molecule has 0 aliphatic carbocycles. The number of benzene rings is 2. The second-order valence-corrected chi connectivity index (χ2v) is 7.85. The van der Waals surface area contributed by atoms with E-state index >= 15 is 0 Å². The molecule has 0 N–H and O–H groups in total. The summed E-state index contributed by atoms with van der Waals surface area (Å²) in [6.07, 6.45) is 3.61. The van der Waals surface area contributed by atoms with Crippen LogP contribution >= 0.6 is 0 Å². The van der Waals surface area contributed by atoms with Crippen molar-refractivity contribution in [2.75, 3.05) is 25.3 Å². The number of hydrogen-bond acceptors (Lipinski definition) is 5. The average molecular weight is 413 g/mol. The van der Waals surface area contributed by atoms with Gasteiger partial charge >= 0.3 is 5.84 Å². The molecule has 30 heavy (non-hydrogen) atoms. The van der Waals surface area contributed by atoms with E-state index in [1.807, 2.05) is 37.0 Å². The number of halogens is 2. The van der Waals surface area contributed by atoms with Gasteiger partial charge in [0.2, 0.25) is 0 Å². The van der Waals surface area contributed by atoms with Gasteiger partial charge in [-0.3, -0.25) is 0 Å². The third-order valence-corrected chi connectivity index (χ3v) is 6.13. The van der Waals surface area contributed by atoms with Gasteiger partial charge in [0.15, 0.2) is 6.67 Å². The summed E-state index contributed by atoms with van der Waals surface area (Å²) >= 11 is 0. The number of nitrogens with zero attached hydrogens (tertiary/aromatic N) is 3. The molecule has 156 valence electrons. The van der Waals surface area contributed by atoms with Crippen LogP contribution in [0, 0.1) is 23.8 Å². The Morgan fingerprint density at radius 1 is 1.23 bits per heavy atom. The number of methoxy groups -OCH3 is 1. The molecule has 0 aromatic heterocycles. The lowest BCUT2D eigenvalue weighted by Crippen LogP contribution is -2.46. The van der Waals surface area contributed by atoms with Crippen molar-refractivity contribution in [1.82, 2.24) is 5.01 Å². The number of anilines is 1. The Balaban J connectivity index is 1.51. The molecule has 8 heteroatoms. The fraction of sp³-hybridized carbons (Fsp3) is 0.318. The van der Waals surface area contributed by atoms with Gasteiger partial charge in [-0.05, 0) is 43.7 Å². The molecule has 2 aromatic carbocycles. The summed E-state index contributed by atoms with van der Waals surface area (Å²) in [5.41, 5.74) is 2.05. The van der Waals surface area contributed by atoms with Crippen LogP contribution in [0.15, 0.2) is 36.4 Å². The first-order valence-corrected chi connectivity index (χ1v) is 9.70. The highest BCUT2D eigenvalue weighted by Crippen LogP contribution is 2.46. The molecule has 3 aliphatic heterocycles. The van der Waals surface area contributed by atoms with Crippen LogP contribution in [0.2, 0.25) is 0 Å². The fourth-order valence-corrected chi connectivity index (χ4v) is 4.38. The van der Waals surface area contributed by atoms with E-state index < -0.39 is 23.3 Å². The number of ether oxygens (including phenoxy) is 2. The number of epoxide rings is 1. The summed E-state index contributed by atoms with van der Waals surface area (Å²) in [4.78, 5) is 2.73. The van der Waals surface area contributed by atoms with E-state index in [0.717, 1.165) is 33.5 Å². The van der Waals surface area contributed by atoms with Crippen LogP contribution < -0.4 is 9.64 Å². The Kier molecular flexibility index (Phi) is 4.05. The zero-order chi connectivity index (χ0) is 21.2. The monoisotopic (exact) mass is 413 g/mol. The fourth-order valence-electron chi connectivity index (χ4n) is 4.38. The van der Waals surface area contributed by atoms with Gasteiger partial charge in [0.25, 0.3) is 0 Å². The zero-order valence-electron chi connectivity index (χ0n) is 16.9. The Labute approximate surface area is 172 Å². The Hall–Kier alpha value is -3.13. The largest absolute Gasteiger partial charge is 0.692 e. The predicted octanol–water partition coefficient (Wildman–Crippen LogP) is 3.53. The summed E-state index contributed by atoms with van der Waals surface area (Å²) in [7, 11) is 1.62. The lowest BCUT2D eigenvalue weighted by atomic mass is 9.92. The SMILES string of the molecule is COc1cc(C)cc2c1C=CC1=[N+]([O-])N([C@H](C)[C@]3(c4ccc(F)cc4F)CO3)CN12. The predicted molar refractivity (Wildman–Crippen MR) is 108 cm³/mol. The molecule has 3 heterocycles. The second kappa shape index (κ2) is 6.43. The van der Waals surface area contributed by atoms with Crippen LogP contribution in [0.1, 0.15) is 23.6 Å². The molecule has 0 amide bonds. The number of rotatable bonds is 4. The van der Waals surface area contributed by atoms with E-state index in [9.17, 15) is 14.0 Å². The number of hydrogen-bond donors (Lipinski definition) is 0. The molecule has 1 saturated heterocycles. The van der Waals surface area contributed by atoms with E-state index in [4.69, 9.17) is 9.47 Å². The summed E-state index contributed by atoms with van der Waals surface area (Å²) < 4.78 is 39.0. The molecule has 2 atom stereocenters. The third kappa shape index (κ3) is 2.60. The molecule has 2 aromatic rings. The van der Waals surface area contributed by atoms with Crippen molar-refractivity contribution < 1.29 is 23.1 Å². The van der Waals surface area contributed by atoms with Crippen molar-refractivity contribution >= 4 is 17.6 Å². The highest BCUT2D eigenvalue weighted by molar-refractivity contribution is 6.10. The van der Waals surface area contributed by atoms with Crippen molar-refractivity contribution in [1.29, 1.82) is 0 Å². The quantitative estimate of drug-likeness (QED) is 0.436. The number of hydrazone groups is 1. The van der Waals surface area contributed by atoms with Crippen LogP contribution in [0.25, 0.3) is 6.08 Å². The lowest BCUT2D eigenvalue weighted by molar-refractivity contribution is -0.637. The van der Waals surface area contributed by atoms with E-state index in [1.54, 1.807) is 18.2 Å². The molecule has 6 nitrogen and oxygen atoms in total. The highest BCUT2D eigenvalue weighted by atomic mass is 19.1. The van der Waals surface area contributed by atoms with E-state index in [0.29, 0.717) is 5.84 Å². The maximum atomic E-state index is 14.5. The molecule has 0 saturated carbocycles. The van der Waals surface area contributed by atoms with Gasteiger partial charge in [-0.2, -0.15) is 9.86 Å². The van der Waals surface area contributed by atoms with Gasteiger partial charge < -0.3 is 14.7 Å². The van der Waals surface area contributed by atoms with E-state index in [1.165, 1.54) is 12.1 Å². The van der Waals surface area contributed by atoms with Gasteiger partial charge in [-0.15, -0.1) is 0 Å². The summed E-state index contributed by atoms with van der Waals surface area (Å²) in [5.74, 6) is -0.117. The van der Waals surface area contributed by atoms with Crippen LogP contribution in [0.5, 0.6) is 5.75 Å². The minimum Gasteiger partial charge on any atom is -0.692 e. The first-order valence-electron chi connectivity index (χ1n) is 9.70. The van der Waals surface area contributed by atoms with Crippen LogP contribution in [0.4, 0.5) is 14.5 Å². The molecular weight excluding hydrogens is 392 g/mol. The molecule has 1 fully saturated rings. The minimum atomic E-state index is -0.994. The Bertz CT molecular complexity index is 1110. The van der Waals surface area contributed by atoms with Crippen molar-refractivity contribution in [2.24, 2.45) is 0 Å². The number of hydrazine groups is 1. The smallest absolute Gasteiger partial charge is 0.305 e. The summed E-state index contributed by atoms with van der Waals surface area (Å²) in [5, 5.41) is 14.7. The van der Waals surface area contributed by atoms with Gasteiger partial charge in [-0.1, -0.05) is 6.07 Å². The molecule has 0 bridgehead atoms. The first-order chi connectivity index (χ1) is 14.4. The zero-order valence-corrected chi connectivity index (χ0v) is 16.9. The van der Waals surface area contributed by atoms with Crippen LogP contribution in [-0.4, -0.2) is 42.1 Å². The van der Waals surface area contributed by atoms with Crippen molar-refractivity contribution in [3.63, 3.8) is 0 Å². The highest BCUT2D eigenvalue weighted by Gasteiger charge is 2.58. The average Bonchev–Trinajstić information content (AvgIpc) is 3.45. The topological polar surface area (TPSA) is 54.3 Å². The molecule has 0 spiro atoms. The third-order valence-electron chi connectivity index (χ3n) is 6.13. The van der Waals surface area contributed by atoms with E-state index in [2.05, 4.69) is 0 Å². The molecule has 5 rings (SSSR count).